The molecule has 1 unspecified atom stereocenters. The van der Waals surface area contributed by atoms with Crippen molar-refractivity contribution in [1.29, 1.82) is 0 Å². The number of aliphatic hydroxyl groups is 4. The first-order valence-electron chi connectivity index (χ1n) is 7.03. The maximum Gasteiger partial charge on any atom is 0.0882 e. The van der Waals surface area contributed by atoms with Crippen molar-refractivity contribution in [2.45, 2.75) is 18.2 Å². The van der Waals surface area contributed by atoms with Gasteiger partial charge in [0, 0.05) is 35.2 Å². The van der Waals surface area contributed by atoms with E-state index in [4.69, 9.17) is 11.6 Å². The van der Waals surface area contributed by atoms with Crippen molar-refractivity contribution in [2.75, 3.05) is 26.4 Å². The number of nitrogens with one attached hydrogen (secondary N) is 1. The molecule has 0 aliphatic heterocycles. The molecule has 0 fully saturated rings. The van der Waals surface area contributed by atoms with E-state index in [-0.39, 0.29) is 6.54 Å². The zero-order chi connectivity index (χ0) is 16.2. The summed E-state index contributed by atoms with van der Waals surface area (Å²) in [5.41, 5.74) is -0.228. The average molecular weight is 329 g/mol. The van der Waals surface area contributed by atoms with E-state index in [0.29, 0.717) is 11.6 Å². The van der Waals surface area contributed by atoms with Gasteiger partial charge in [-0.2, -0.15) is 0 Å². The maximum atomic E-state index is 10.1. The van der Waals surface area contributed by atoms with Gasteiger partial charge in [-0.25, -0.2) is 0 Å². The Kier molecular flexibility index (Phi) is 5.80. The van der Waals surface area contributed by atoms with Gasteiger partial charge >= 0.3 is 0 Å². The quantitative estimate of drug-likeness (QED) is 0.468. The predicted molar refractivity (Wildman–Crippen MR) is 84.9 cm³/mol. The molecule has 0 radical (unpaired) electrons. The smallest absolute Gasteiger partial charge is 0.0882 e. The number of halogens is 1. The molecule has 0 bridgehead atoms. The highest BCUT2D eigenvalue weighted by molar-refractivity contribution is 6.31. The van der Waals surface area contributed by atoms with E-state index < -0.39 is 31.5 Å². The summed E-state index contributed by atoms with van der Waals surface area (Å²) in [7, 11) is 0. The number of β-amino-alcohol motifs (C(OH)–C–C–N with tert-alkyl or cyclic N) is 1. The molecule has 0 aliphatic carbocycles. The second-order valence-electron chi connectivity index (χ2n) is 5.46. The molecule has 1 aromatic carbocycles. The lowest BCUT2D eigenvalue weighted by Gasteiger charge is -2.30. The Hall–Kier alpha value is -1.15. The van der Waals surface area contributed by atoms with Gasteiger partial charge in [-0.15, -0.1) is 0 Å². The van der Waals surface area contributed by atoms with Crippen LogP contribution in [0.25, 0.3) is 10.9 Å². The zero-order valence-electron chi connectivity index (χ0n) is 12.1. The number of benzene rings is 1. The number of fused-ring (bicyclic) bond motifs is 1. The molecule has 0 aliphatic rings. The van der Waals surface area contributed by atoms with Gasteiger partial charge in [0.05, 0.1) is 31.5 Å². The number of rotatable bonds is 8. The minimum atomic E-state index is -1.19. The summed E-state index contributed by atoms with van der Waals surface area (Å²) in [4.78, 5) is 0. The molecule has 0 spiro atoms. The van der Waals surface area contributed by atoms with Crippen molar-refractivity contribution in [3.05, 3.63) is 35.5 Å². The molecule has 6 nitrogen and oxygen atoms in total. The molecule has 0 saturated carbocycles. The summed E-state index contributed by atoms with van der Waals surface area (Å²) in [5, 5.41) is 42.3. The van der Waals surface area contributed by atoms with Crippen LogP contribution in [0.3, 0.4) is 0 Å². The molecule has 1 aromatic heterocycles. The second-order valence-corrected chi connectivity index (χ2v) is 5.90. The molecule has 122 valence electrons. The Morgan fingerprint density at radius 1 is 1.14 bits per heavy atom. The number of hydrogen-bond donors (Lipinski definition) is 5. The van der Waals surface area contributed by atoms with Gasteiger partial charge in [0.1, 0.15) is 0 Å². The van der Waals surface area contributed by atoms with Crippen molar-refractivity contribution in [3.8, 4) is 0 Å². The first kappa shape index (κ1) is 17.2. The van der Waals surface area contributed by atoms with E-state index in [0.717, 1.165) is 10.9 Å². The van der Waals surface area contributed by atoms with Gasteiger partial charge in [-0.1, -0.05) is 11.6 Å². The number of aliphatic hydroxyl groups excluding tert-OH is 4. The van der Waals surface area contributed by atoms with Gasteiger partial charge in [0.15, 0.2) is 0 Å². The van der Waals surface area contributed by atoms with Crippen molar-refractivity contribution < 1.29 is 20.4 Å². The van der Waals surface area contributed by atoms with Gasteiger partial charge in [0.2, 0.25) is 0 Å². The molecule has 2 rings (SSSR count). The van der Waals surface area contributed by atoms with Gasteiger partial charge in [0.25, 0.3) is 0 Å². The minimum Gasteiger partial charge on any atom is -0.394 e. The monoisotopic (exact) mass is 328 g/mol. The SMILES string of the molecule is OCC(CO)(CO)NCC(O)Cn1ccc2cc(Cl)ccc21. The number of nitrogens with zero attached hydrogens (tertiary/aromatic N) is 1. The lowest BCUT2D eigenvalue weighted by atomic mass is 10.0. The molecule has 1 heterocycles. The van der Waals surface area contributed by atoms with Gasteiger partial charge in [-0.3, -0.25) is 0 Å². The Balaban J connectivity index is 2.00. The molecule has 22 heavy (non-hydrogen) atoms. The Morgan fingerprint density at radius 3 is 2.45 bits per heavy atom. The van der Waals surface area contributed by atoms with Crippen LogP contribution in [-0.4, -0.2) is 63.0 Å². The van der Waals surface area contributed by atoms with Crippen molar-refractivity contribution >= 4 is 22.5 Å². The lowest BCUT2D eigenvalue weighted by molar-refractivity contribution is 0.0307. The van der Waals surface area contributed by atoms with Gasteiger partial charge in [-0.05, 0) is 24.3 Å². The molecule has 2 aromatic rings. The van der Waals surface area contributed by atoms with E-state index in [9.17, 15) is 20.4 Å². The molecular formula is C15H21ClN2O4. The van der Waals surface area contributed by atoms with Crippen LogP contribution in [0.15, 0.2) is 30.5 Å². The fraction of sp³-hybridized carbons (Fsp3) is 0.467. The highest BCUT2D eigenvalue weighted by Crippen LogP contribution is 2.20. The van der Waals surface area contributed by atoms with E-state index in [1.165, 1.54) is 0 Å². The highest BCUT2D eigenvalue weighted by atomic mass is 35.5. The Labute approximate surface area is 133 Å². The predicted octanol–water partition coefficient (Wildman–Crippen LogP) is -0.0391. The van der Waals surface area contributed by atoms with Crippen molar-refractivity contribution in [3.63, 3.8) is 0 Å². The number of aromatic nitrogens is 1. The standard InChI is InChI=1S/C15H21ClN2O4/c16-12-1-2-14-11(5-12)3-4-18(14)7-13(22)6-17-15(8-19,9-20)10-21/h1-5,13,17,19-22H,6-10H2. The third-order valence-electron chi connectivity index (χ3n) is 3.76. The normalized spacial score (nSPS) is 13.7. The van der Waals surface area contributed by atoms with Crippen LogP contribution in [-0.2, 0) is 6.54 Å². The summed E-state index contributed by atoms with van der Waals surface area (Å²) >= 11 is 5.94. The van der Waals surface area contributed by atoms with E-state index in [1.807, 2.05) is 29.0 Å². The maximum absolute atomic E-state index is 10.1. The average Bonchev–Trinajstić information content (AvgIpc) is 2.91. The summed E-state index contributed by atoms with van der Waals surface area (Å²) in [5.74, 6) is 0. The Bertz CT molecular complexity index is 604. The van der Waals surface area contributed by atoms with Gasteiger partial charge < -0.3 is 30.3 Å². The third-order valence-corrected chi connectivity index (χ3v) is 4.00. The summed E-state index contributed by atoms with van der Waals surface area (Å²) in [6, 6.07) is 7.45. The first-order valence-corrected chi connectivity index (χ1v) is 7.41. The molecule has 1 atom stereocenters. The van der Waals surface area contributed by atoms with E-state index in [2.05, 4.69) is 5.32 Å². The van der Waals surface area contributed by atoms with Crippen LogP contribution in [0.5, 0.6) is 0 Å². The molecular weight excluding hydrogens is 308 g/mol. The third kappa shape index (κ3) is 3.78. The van der Waals surface area contributed by atoms with Crippen LogP contribution in [0.4, 0.5) is 0 Å². The zero-order valence-corrected chi connectivity index (χ0v) is 12.9. The summed E-state index contributed by atoms with van der Waals surface area (Å²) < 4.78 is 1.90. The van der Waals surface area contributed by atoms with E-state index in [1.54, 1.807) is 6.07 Å². The van der Waals surface area contributed by atoms with Crippen molar-refractivity contribution in [1.82, 2.24) is 9.88 Å². The lowest BCUT2D eigenvalue weighted by Crippen LogP contribution is -2.56. The highest BCUT2D eigenvalue weighted by Gasteiger charge is 2.28. The molecule has 7 heteroatoms. The van der Waals surface area contributed by atoms with Crippen LogP contribution >= 0.6 is 11.6 Å². The Morgan fingerprint density at radius 2 is 1.82 bits per heavy atom. The molecule has 0 amide bonds. The number of hydrogen-bond acceptors (Lipinski definition) is 5. The van der Waals surface area contributed by atoms with Crippen molar-refractivity contribution in [2.24, 2.45) is 0 Å². The van der Waals surface area contributed by atoms with Crippen LogP contribution in [0.2, 0.25) is 5.02 Å². The summed E-state index contributed by atoms with van der Waals surface area (Å²) in [6.45, 7) is -0.779. The molecule has 5 N–H and O–H groups in total. The van der Waals surface area contributed by atoms with Crippen LogP contribution in [0, 0.1) is 0 Å². The summed E-state index contributed by atoms with van der Waals surface area (Å²) in [6.07, 6.45) is 1.12. The minimum absolute atomic E-state index is 0.134. The topological polar surface area (TPSA) is 97.9 Å². The molecule has 0 saturated heterocycles. The van der Waals surface area contributed by atoms with Crippen LogP contribution in [0.1, 0.15) is 0 Å². The fourth-order valence-corrected chi connectivity index (χ4v) is 2.45. The largest absolute Gasteiger partial charge is 0.394 e. The fourth-order valence-electron chi connectivity index (χ4n) is 2.27. The van der Waals surface area contributed by atoms with E-state index >= 15 is 0 Å². The van der Waals surface area contributed by atoms with Crippen LogP contribution < -0.4 is 5.32 Å². The second kappa shape index (κ2) is 7.41. The first-order chi connectivity index (χ1) is 10.5.